The van der Waals surface area contributed by atoms with Gasteiger partial charge in [-0.25, -0.2) is 0 Å². The summed E-state index contributed by atoms with van der Waals surface area (Å²) in [6.45, 7) is 6.48. The number of unbranched alkanes of at least 4 members (excludes halogenated alkanes) is 1. The Morgan fingerprint density at radius 1 is 0.935 bits per heavy atom. The minimum Gasteiger partial charge on any atom is -0.493 e. The van der Waals surface area contributed by atoms with Crippen molar-refractivity contribution in [3.63, 3.8) is 0 Å². The highest BCUT2D eigenvalue weighted by Gasteiger charge is 2.09. The lowest BCUT2D eigenvalue weighted by Crippen LogP contribution is -2.07. The molecule has 0 bridgehead atoms. The summed E-state index contributed by atoms with van der Waals surface area (Å²) in [5, 5.41) is 0. The molecule has 1 rings (SSSR count). The number of nitrogens with one attached hydrogen (secondary N) is 1. The van der Waals surface area contributed by atoms with E-state index in [0.29, 0.717) is 26.4 Å². The van der Waals surface area contributed by atoms with Crippen molar-refractivity contribution in [2.24, 2.45) is 0 Å². The highest BCUT2D eigenvalue weighted by atomic mass is 35.5. The number of hydroxylamine groups is 1. The lowest BCUT2D eigenvalue weighted by Gasteiger charge is -2.15. The van der Waals surface area contributed by atoms with Gasteiger partial charge in [-0.05, 0) is 67.7 Å². The van der Waals surface area contributed by atoms with E-state index in [1.165, 1.54) is 6.08 Å². The normalized spacial score (nSPS) is 10.8. The van der Waals surface area contributed by atoms with Gasteiger partial charge in [-0.2, -0.15) is 0 Å². The average Bonchev–Trinajstić information content (AvgIpc) is 2.71. The van der Waals surface area contributed by atoms with Gasteiger partial charge in [-0.1, -0.05) is 53.3 Å². The Bertz CT molecular complexity index is 730. The second-order valence-electron chi connectivity index (χ2n) is 6.34. The summed E-state index contributed by atoms with van der Waals surface area (Å²) in [4.78, 5) is 5.04. The van der Waals surface area contributed by atoms with Gasteiger partial charge in [0.1, 0.15) is 27.1 Å². The zero-order chi connectivity index (χ0) is 22.9. The average molecular weight is 513 g/mol. The Hall–Kier alpha value is -1.08. The van der Waals surface area contributed by atoms with Crippen LogP contribution < -0.4 is 15.0 Å². The van der Waals surface area contributed by atoms with Crippen LogP contribution in [0.25, 0.3) is 0 Å². The molecule has 0 aliphatic rings. The number of hydrogen-bond acceptors (Lipinski definition) is 5. The van der Waals surface area contributed by atoms with Crippen LogP contribution in [0, 0.1) is 6.92 Å². The Kier molecular flexibility index (Phi) is 15.8. The first-order valence-electron chi connectivity index (χ1n) is 9.95. The van der Waals surface area contributed by atoms with Crippen LogP contribution in [0.3, 0.4) is 0 Å². The van der Waals surface area contributed by atoms with E-state index >= 15 is 0 Å². The molecule has 1 N–H and O–H groups in total. The van der Waals surface area contributed by atoms with E-state index in [9.17, 15) is 0 Å². The fourth-order valence-corrected chi connectivity index (χ4v) is 2.75. The van der Waals surface area contributed by atoms with Gasteiger partial charge in [0, 0.05) is 12.8 Å². The molecule has 9 heteroatoms. The molecular formula is C22H29Cl4NO4. The number of hydrogen-bond donors (Lipinski definition) is 1. The molecule has 0 amide bonds. The van der Waals surface area contributed by atoms with Crippen LogP contribution in [0.1, 0.15) is 30.9 Å². The molecule has 0 aromatic heterocycles. The topological polar surface area (TPSA) is 49.0 Å². The third-order valence-electron chi connectivity index (χ3n) is 3.93. The molecule has 1 aromatic carbocycles. The summed E-state index contributed by atoms with van der Waals surface area (Å²) in [6.07, 6.45) is 9.27. The van der Waals surface area contributed by atoms with E-state index in [4.69, 9.17) is 65.5 Å². The Morgan fingerprint density at radius 2 is 1.65 bits per heavy atom. The van der Waals surface area contributed by atoms with E-state index in [0.717, 1.165) is 41.9 Å². The number of halogens is 4. The fraction of sp³-hybridized carbons (Fsp3) is 0.455. The molecule has 174 valence electrons. The smallest absolute Gasteiger partial charge is 0.125 e. The molecular weight excluding hydrogens is 484 g/mol. The number of ether oxygens (including phenoxy) is 3. The van der Waals surface area contributed by atoms with Crippen molar-refractivity contribution in [1.82, 2.24) is 5.48 Å². The molecule has 0 radical (unpaired) electrons. The van der Waals surface area contributed by atoms with Gasteiger partial charge in [-0.3, -0.25) is 10.3 Å². The molecule has 0 spiro atoms. The third kappa shape index (κ3) is 13.8. The molecule has 31 heavy (non-hydrogen) atoms. The molecule has 0 aliphatic carbocycles. The summed E-state index contributed by atoms with van der Waals surface area (Å²) >= 11 is 22.1. The van der Waals surface area contributed by atoms with Gasteiger partial charge in [0.25, 0.3) is 0 Å². The summed E-state index contributed by atoms with van der Waals surface area (Å²) < 4.78 is 17.6. The van der Waals surface area contributed by atoms with E-state index in [1.54, 1.807) is 12.3 Å². The van der Waals surface area contributed by atoms with Crippen LogP contribution >= 0.6 is 46.4 Å². The van der Waals surface area contributed by atoms with Gasteiger partial charge in [0.2, 0.25) is 0 Å². The molecule has 0 atom stereocenters. The Morgan fingerprint density at radius 3 is 2.35 bits per heavy atom. The molecule has 5 nitrogen and oxygen atoms in total. The zero-order valence-electron chi connectivity index (χ0n) is 17.8. The van der Waals surface area contributed by atoms with Gasteiger partial charge in [-0.15, -0.1) is 0 Å². The second-order valence-corrected chi connectivity index (χ2v) is 8.36. The molecule has 0 saturated heterocycles. The van der Waals surface area contributed by atoms with Crippen LogP contribution in [-0.4, -0.2) is 33.0 Å². The van der Waals surface area contributed by atoms with E-state index in [2.05, 4.69) is 12.4 Å². The van der Waals surface area contributed by atoms with Gasteiger partial charge in [0.05, 0.1) is 19.8 Å². The van der Waals surface area contributed by atoms with E-state index < -0.39 is 0 Å². The van der Waals surface area contributed by atoms with E-state index in [-0.39, 0.29) is 15.6 Å². The largest absolute Gasteiger partial charge is 0.493 e. The quantitative estimate of drug-likeness (QED) is 0.195. The summed E-state index contributed by atoms with van der Waals surface area (Å²) in [5.74, 6) is 1.69. The standard InChI is InChI=1S/C22H29Cl4NO4/c1-3-18-16-19(29-13-7-20(23)24)15-17(2)22(18)30-12-5-4-10-28-11-6-9-27-31-14-8-21(25)26/h6-9,15-16,27H,3-5,10-14H2,1-2H3. The van der Waals surface area contributed by atoms with Crippen molar-refractivity contribution >= 4 is 46.4 Å². The number of aryl methyl sites for hydroxylation is 2. The minimum atomic E-state index is 0.173. The summed E-state index contributed by atoms with van der Waals surface area (Å²) in [6, 6.07) is 3.95. The first-order chi connectivity index (χ1) is 14.9. The van der Waals surface area contributed by atoms with Gasteiger partial charge < -0.3 is 14.2 Å². The van der Waals surface area contributed by atoms with Crippen molar-refractivity contribution in [3.8, 4) is 11.5 Å². The minimum absolute atomic E-state index is 0.173. The molecule has 1 aromatic rings. The highest BCUT2D eigenvalue weighted by molar-refractivity contribution is 6.56. The van der Waals surface area contributed by atoms with Crippen LogP contribution in [0.5, 0.6) is 11.5 Å². The number of rotatable bonds is 16. The first kappa shape index (κ1) is 28.0. The molecule has 0 heterocycles. The lowest BCUT2D eigenvalue weighted by atomic mass is 10.1. The van der Waals surface area contributed by atoms with Crippen LogP contribution in [-0.2, 0) is 16.0 Å². The van der Waals surface area contributed by atoms with Crippen molar-refractivity contribution in [2.75, 3.05) is 33.0 Å². The maximum Gasteiger partial charge on any atom is 0.125 e. The predicted molar refractivity (Wildman–Crippen MR) is 129 cm³/mol. The molecule has 0 saturated carbocycles. The molecule has 0 aliphatic heterocycles. The highest BCUT2D eigenvalue weighted by Crippen LogP contribution is 2.30. The fourth-order valence-electron chi connectivity index (χ4n) is 2.49. The lowest BCUT2D eigenvalue weighted by molar-refractivity contribution is 0.0938. The van der Waals surface area contributed by atoms with Crippen molar-refractivity contribution in [3.05, 3.63) is 56.7 Å². The molecule has 0 unspecified atom stereocenters. The van der Waals surface area contributed by atoms with Gasteiger partial charge >= 0.3 is 0 Å². The first-order valence-corrected chi connectivity index (χ1v) is 11.5. The second kappa shape index (κ2) is 17.5. The van der Waals surface area contributed by atoms with Gasteiger partial charge in [0.15, 0.2) is 0 Å². The van der Waals surface area contributed by atoms with Crippen LogP contribution in [0.15, 0.2) is 45.5 Å². The number of benzene rings is 1. The maximum atomic E-state index is 6.03. The SMILES string of the molecule is CCc1cc(OCC=C(Cl)Cl)cc(C)c1OCCCCOCC=CNOCC=C(Cl)Cl. The Balaban J connectivity index is 2.24. The monoisotopic (exact) mass is 511 g/mol. The summed E-state index contributed by atoms with van der Waals surface area (Å²) in [7, 11) is 0. The Labute approximate surface area is 204 Å². The van der Waals surface area contributed by atoms with Crippen LogP contribution in [0.2, 0.25) is 0 Å². The maximum absolute atomic E-state index is 6.03. The molecule has 0 fully saturated rings. The van der Waals surface area contributed by atoms with Crippen molar-refractivity contribution < 1.29 is 19.0 Å². The summed E-state index contributed by atoms with van der Waals surface area (Å²) in [5.41, 5.74) is 4.78. The van der Waals surface area contributed by atoms with Crippen molar-refractivity contribution in [2.45, 2.75) is 33.1 Å². The predicted octanol–water partition coefficient (Wildman–Crippen LogP) is 6.78. The van der Waals surface area contributed by atoms with Crippen molar-refractivity contribution in [1.29, 1.82) is 0 Å². The third-order valence-corrected chi connectivity index (χ3v) is 4.54. The van der Waals surface area contributed by atoms with Crippen LogP contribution in [0.4, 0.5) is 0 Å². The van der Waals surface area contributed by atoms with E-state index in [1.807, 2.05) is 25.1 Å². The zero-order valence-corrected chi connectivity index (χ0v) is 20.8.